The Hall–Kier alpha value is -1.43. The van der Waals surface area contributed by atoms with Gasteiger partial charge in [0.15, 0.2) is 5.82 Å². The van der Waals surface area contributed by atoms with Crippen LogP contribution in [0.2, 0.25) is 0 Å². The second-order valence-electron chi connectivity index (χ2n) is 5.52. The maximum absolute atomic E-state index is 11.0. The van der Waals surface area contributed by atoms with E-state index in [-0.39, 0.29) is 17.4 Å². The second-order valence-corrected chi connectivity index (χ2v) is 5.52. The molecule has 1 saturated heterocycles. The summed E-state index contributed by atoms with van der Waals surface area (Å²) in [5.74, 6) is 1.26. The zero-order valence-electron chi connectivity index (χ0n) is 10.4. The Morgan fingerprint density at radius 3 is 2.82 bits per heavy atom. The van der Waals surface area contributed by atoms with E-state index >= 15 is 0 Å². The average molecular weight is 238 g/mol. The van der Waals surface area contributed by atoms with E-state index in [1.54, 1.807) is 0 Å². The molecule has 2 heterocycles. The summed E-state index contributed by atoms with van der Waals surface area (Å²) in [5.41, 5.74) is 0.134. The van der Waals surface area contributed by atoms with Gasteiger partial charge in [-0.15, -0.1) is 0 Å². The van der Waals surface area contributed by atoms with Crippen LogP contribution in [-0.2, 0) is 11.2 Å². The van der Waals surface area contributed by atoms with Gasteiger partial charge in [-0.2, -0.15) is 4.98 Å². The van der Waals surface area contributed by atoms with Crippen LogP contribution in [0.4, 0.5) is 0 Å². The first-order valence-electron chi connectivity index (χ1n) is 5.77. The molecule has 1 atom stereocenters. The molecule has 1 aliphatic rings. The summed E-state index contributed by atoms with van der Waals surface area (Å²) in [4.78, 5) is 15.3. The van der Waals surface area contributed by atoms with Crippen LogP contribution in [0, 0.1) is 5.41 Å². The van der Waals surface area contributed by atoms with Crippen molar-refractivity contribution < 1.29 is 9.32 Å². The number of hydrogen-bond acceptors (Lipinski definition) is 5. The van der Waals surface area contributed by atoms with Gasteiger partial charge < -0.3 is 9.84 Å². The molecular weight excluding hydrogens is 220 g/mol. The fourth-order valence-corrected chi connectivity index (χ4v) is 1.70. The highest BCUT2D eigenvalue weighted by Gasteiger charge is 2.25. The van der Waals surface area contributed by atoms with E-state index in [9.17, 15) is 4.79 Å². The summed E-state index contributed by atoms with van der Waals surface area (Å²) in [7, 11) is 0. The van der Waals surface area contributed by atoms with Crippen molar-refractivity contribution in [3.05, 3.63) is 11.7 Å². The lowest BCUT2D eigenvalue weighted by molar-refractivity contribution is -0.121. The van der Waals surface area contributed by atoms with Crippen LogP contribution in [-0.4, -0.2) is 29.1 Å². The van der Waals surface area contributed by atoms with Crippen molar-refractivity contribution in [1.82, 2.24) is 20.8 Å². The molecule has 1 amide bonds. The zero-order valence-corrected chi connectivity index (χ0v) is 10.4. The van der Waals surface area contributed by atoms with E-state index in [1.165, 1.54) is 0 Å². The molecule has 0 spiro atoms. The Balaban J connectivity index is 2.00. The number of nitrogens with zero attached hydrogens (tertiary/aromatic N) is 2. The molecule has 1 aromatic rings. The van der Waals surface area contributed by atoms with E-state index in [2.05, 4.69) is 41.5 Å². The molecular formula is C11H18N4O2. The van der Waals surface area contributed by atoms with Gasteiger partial charge in [0.05, 0.1) is 6.54 Å². The molecule has 0 aromatic carbocycles. The number of carbonyl (C=O) groups excluding carboxylic acids is 1. The number of carbonyl (C=O) groups is 1. The topological polar surface area (TPSA) is 80.0 Å². The molecule has 6 heteroatoms. The number of rotatable bonds is 2. The van der Waals surface area contributed by atoms with Crippen LogP contribution in [0.5, 0.6) is 0 Å². The lowest BCUT2D eigenvalue weighted by atomic mass is 9.92. The fourth-order valence-electron chi connectivity index (χ4n) is 1.70. The number of aromatic nitrogens is 2. The highest BCUT2D eigenvalue weighted by Crippen LogP contribution is 2.20. The second kappa shape index (κ2) is 4.44. The molecule has 2 N–H and O–H groups in total. The normalized spacial score (nSPS) is 21.4. The van der Waals surface area contributed by atoms with Gasteiger partial charge in [-0.1, -0.05) is 25.9 Å². The fraction of sp³-hybridized carbons (Fsp3) is 0.727. The van der Waals surface area contributed by atoms with Gasteiger partial charge in [-0.25, -0.2) is 0 Å². The molecule has 0 radical (unpaired) electrons. The van der Waals surface area contributed by atoms with E-state index in [4.69, 9.17) is 4.52 Å². The lowest BCUT2D eigenvalue weighted by Crippen LogP contribution is -2.47. The van der Waals surface area contributed by atoms with Crippen molar-refractivity contribution in [3.63, 3.8) is 0 Å². The first kappa shape index (κ1) is 12.0. The minimum atomic E-state index is -0.0751. The maximum atomic E-state index is 11.0. The SMILES string of the molecule is CC(C)(C)Cc1noc(C2CNC(=O)CN2)n1. The number of nitrogens with one attached hydrogen (secondary N) is 2. The van der Waals surface area contributed by atoms with E-state index in [0.717, 1.165) is 6.42 Å². The van der Waals surface area contributed by atoms with Crippen molar-refractivity contribution in [3.8, 4) is 0 Å². The summed E-state index contributed by atoms with van der Waals surface area (Å²) < 4.78 is 5.21. The third kappa shape index (κ3) is 3.26. The summed E-state index contributed by atoms with van der Waals surface area (Å²) in [6.07, 6.45) is 0.773. The smallest absolute Gasteiger partial charge is 0.245 e. The highest BCUT2D eigenvalue weighted by atomic mass is 16.5. The average Bonchev–Trinajstić information content (AvgIpc) is 2.64. The van der Waals surface area contributed by atoms with Crippen LogP contribution in [0.15, 0.2) is 4.52 Å². The summed E-state index contributed by atoms with van der Waals surface area (Å²) >= 11 is 0. The predicted octanol–water partition coefficient (Wildman–Crippen LogP) is 0.419. The van der Waals surface area contributed by atoms with Crippen molar-refractivity contribution in [2.45, 2.75) is 33.2 Å². The molecule has 0 bridgehead atoms. The quantitative estimate of drug-likeness (QED) is 0.780. The van der Waals surface area contributed by atoms with Gasteiger partial charge in [0.2, 0.25) is 11.8 Å². The van der Waals surface area contributed by atoms with E-state index < -0.39 is 0 Å². The molecule has 1 unspecified atom stereocenters. The van der Waals surface area contributed by atoms with Gasteiger partial charge in [-0.3, -0.25) is 10.1 Å². The molecule has 1 aromatic heterocycles. The van der Waals surface area contributed by atoms with Crippen molar-refractivity contribution >= 4 is 5.91 Å². The minimum Gasteiger partial charge on any atom is -0.353 e. The van der Waals surface area contributed by atoms with Crippen LogP contribution in [0.25, 0.3) is 0 Å². The Kier molecular flexibility index (Phi) is 3.15. The summed E-state index contributed by atoms with van der Waals surface area (Å²) in [6.45, 7) is 7.17. The van der Waals surface area contributed by atoms with Crippen molar-refractivity contribution in [1.29, 1.82) is 0 Å². The monoisotopic (exact) mass is 238 g/mol. The van der Waals surface area contributed by atoms with E-state index in [1.807, 2.05) is 0 Å². The van der Waals surface area contributed by atoms with Crippen molar-refractivity contribution in [2.24, 2.45) is 5.41 Å². The van der Waals surface area contributed by atoms with Gasteiger partial charge in [0.25, 0.3) is 0 Å². The Morgan fingerprint density at radius 2 is 2.24 bits per heavy atom. The third-order valence-electron chi connectivity index (χ3n) is 2.48. The molecule has 1 fully saturated rings. The van der Waals surface area contributed by atoms with Crippen LogP contribution in [0.1, 0.15) is 38.5 Å². The van der Waals surface area contributed by atoms with Gasteiger partial charge in [0, 0.05) is 13.0 Å². The molecule has 1 aliphatic heterocycles. The molecule has 94 valence electrons. The van der Waals surface area contributed by atoms with Gasteiger partial charge >= 0.3 is 0 Å². The first-order valence-corrected chi connectivity index (χ1v) is 5.77. The highest BCUT2D eigenvalue weighted by molar-refractivity contribution is 5.78. The Morgan fingerprint density at radius 1 is 1.47 bits per heavy atom. The molecule has 2 rings (SSSR count). The number of hydrogen-bond donors (Lipinski definition) is 2. The minimum absolute atomic E-state index is 0.00400. The molecule has 17 heavy (non-hydrogen) atoms. The van der Waals surface area contributed by atoms with E-state index in [0.29, 0.717) is 24.8 Å². The van der Waals surface area contributed by atoms with Crippen molar-refractivity contribution in [2.75, 3.05) is 13.1 Å². The number of amides is 1. The van der Waals surface area contributed by atoms with Crippen LogP contribution in [0.3, 0.4) is 0 Å². The van der Waals surface area contributed by atoms with Crippen LogP contribution < -0.4 is 10.6 Å². The number of piperazine rings is 1. The first-order chi connectivity index (χ1) is 7.94. The summed E-state index contributed by atoms with van der Waals surface area (Å²) in [5, 5.41) is 9.77. The standard InChI is InChI=1S/C11H18N4O2/c1-11(2,3)4-8-14-10(17-15-8)7-5-13-9(16)6-12-7/h7,12H,4-6H2,1-3H3,(H,13,16). The van der Waals surface area contributed by atoms with Crippen LogP contribution >= 0.6 is 0 Å². The Labute approximate surface area is 100 Å². The molecule has 0 saturated carbocycles. The molecule has 6 nitrogen and oxygen atoms in total. The maximum Gasteiger partial charge on any atom is 0.245 e. The summed E-state index contributed by atoms with van der Waals surface area (Å²) in [6, 6.07) is -0.0751. The zero-order chi connectivity index (χ0) is 12.5. The third-order valence-corrected chi connectivity index (χ3v) is 2.48. The lowest BCUT2D eigenvalue weighted by Gasteiger charge is -2.20. The largest absolute Gasteiger partial charge is 0.353 e. The molecule has 0 aliphatic carbocycles. The van der Waals surface area contributed by atoms with Gasteiger partial charge in [0.1, 0.15) is 6.04 Å². The Bertz CT molecular complexity index is 398. The predicted molar refractivity (Wildman–Crippen MR) is 61.2 cm³/mol. The van der Waals surface area contributed by atoms with Gasteiger partial charge in [-0.05, 0) is 5.41 Å².